The number of rotatable bonds is 3. The molecule has 0 unspecified atom stereocenters. The number of anilines is 1. The molecular formula is C12H15N3O2. The second kappa shape index (κ2) is 4.86. The van der Waals surface area contributed by atoms with Gasteiger partial charge in [0.1, 0.15) is 0 Å². The molecule has 1 aliphatic heterocycles. The fourth-order valence-electron chi connectivity index (χ4n) is 1.78. The molecule has 0 aliphatic carbocycles. The molecule has 1 aromatic carbocycles. The van der Waals surface area contributed by atoms with E-state index < -0.39 is 0 Å². The summed E-state index contributed by atoms with van der Waals surface area (Å²) in [5, 5.41) is 8.22. The summed E-state index contributed by atoms with van der Waals surface area (Å²) in [5.74, 6) is -0.442. The first-order valence-electron chi connectivity index (χ1n) is 5.56. The van der Waals surface area contributed by atoms with Gasteiger partial charge >= 0.3 is 0 Å². The third kappa shape index (κ3) is 2.55. The minimum atomic E-state index is -0.231. The predicted octanol–water partition coefficient (Wildman–Crippen LogP) is 0.130. The molecule has 0 atom stereocenters. The van der Waals surface area contributed by atoms with Crippen LogP contribution in [0.1, 0.15) is 15.9 Å². The molecular weight excluding hydrogens is 218 g/mol. The summed E-state index contributed by atoms with van der Waals surface area (Å²) in [6, 6.07) is 5.55. The van der Waals surface area contributed by atoms with Gasteiger partial charge in [-0.15, -0.1) is 0 Å². The summed E-state index contributed by atoms with van der Waals surface area (Å²) in [4.78, 5) is 22.7. The summed E-state index contributed by atoms with van der Waals surface area (Å²) in [6.45, 7) is 0.915. The van der Waals surface area contributed by atoms with Gasteiger partial charge in [-0.2, -0.15) is 0 Å². The Kier molecular flexibility index (Phi) is 3.27. The summed E-state index contributed by atoms with van der Waals surface area (Å²) in [7, 11) is 1.54. The number of benzene rings is 1. The molecule has 1 heterocycles. The first-order chi connectivity index (χ1) is 8.20. The van der Waals surface area contributed by atoms with Crippen molar-refractivity contribution in [2.24, 2.45) is 0 Å². The zero-order chi connectivity index (χ0) is 12.3. The lowest BCUT2D eigenvalue weighted by Gasteiger charge is -2.06. The highest BCUT2D eigenvalue weighted by molar-refractivity contribution is 5.97. The van der Waals surface area contributed by atoms with Crippen molar-refractivity contribution in [1.29, 1.82) is 0 Å². The average molecular weight is 233 g/mol. The fourth-order valence-corrected chi connectivity index (χ4v) is 1.78. The van der Waals surface area contributed by atoms with Crippen LogP contribution in [-0.2, 0) is 11.2 Å². The lowest BCUT2D eigenvalue weighted by atomic mass is 10.1. The molecule has 3 N–H and O–H groups in total. The normalized spacial score (nSPS) is 12.5. The Morgan fingerprint density at radius 1 is 1.41 bits per heavy atom. The molecule has 0 fully saturated rings. The molecule has 0 spiro atoms. The van der Waals surface area contributed by atoms with Crippen LogP contribution in [-0.4, -0.2) is 32.0 Å². The van der Waals surface area contributed by atoms with E-state index in [1.807, 2.05) is 12.1 Å². The third-order valence-electron chi connectivity index (χ3n) is 2.77. The minimum absolute atomic E-state index is 0.000152. The van der Waals surface area contributed by atoms with Crippen LogP contribution < -0.4 is 16.0 Å². The second-order valence-electron chi connectivity index (χ2n) is 3.90. The largest absolute Gasteiger partial charge is 0.384 e. The van der Waals surface area contributed by atoms with Crippen LogP contribution in [0.4, 0.5) is 5.69 Å². The molecule has 17 heavy (non-hydrogen) atoms. The van der Waals surface area contributed by atoms with Crippen molar-refractivity contribution in [2.75, 3.05) is 25.5 Å². The van der Waals surface area contributed by atoms with Crippen molar-refractivity contribution in [1.82, 2.24) is 10.6 Å². The number of carbonyl (C=O) groups is 2. The van der Waals surface area contributed by atoms with Gasteiger partial charge in [0.05, 0.1) is 6.54 Å². The Morgan fingerprint density at radius 2 is 2.24 bits per heavy atom. The number of amides is 2. The molecule has 2 rings (SSSR count). The lowest BCUT2D eigenvalue weighted by Crippen LogP contribution is -2.35. The highest BCUT2D eigenvalue weighted by atomic mass is 16.2. The number of nitrogens with one attached hydrogen (secondary N) is 3. The van der Waals surface area contributed by atoms with Gasteiger partial charge < -0.3 is 16.0 Å². The highest BCUT2D eigenvalue weighted by Crippen LogP contribution is 2.22. The maximum Gasteiger partial charge on any atom is 0.251 e. The molecule has 0 saturated heterocycles. The van der Waals surface area contributed by atoms with Crippen molar-refractivity contribution in [2.45, 2.75) is 6.42 Å². The highest BCUT2D eigenvalue weighted by Gasteiger charge is 2.13. The number of fused-ring (bicyclic) bond motifs is 1. The fraction of sp³-hybridized carbons (Fsp3) is 0.333. The van der Waals surface area contributed by atoms with Gasteiger partial charge in [-0.05, 0) is 24.1 Å². The van der Waals surface area contributed by atoms with Gasteiger partial charge in [-0.3, -0.25) is 9.59 Å². The standard InChI is InChI=1S/C12H15N3O2/c1-13-11(16)7-15-12(17)9-3-2-8-4-5-14-10(8)6-9/h2-3,6,14H,4-5,7H2,1H3,(H,13,16)(H,15,17). The summed E-state index contributed by atoms with van der Waals surface area (Å²) in [6.07, 6.45) is 0.996. The molecule has 5 nitrogen and oxygen atoms in total. The van der Waals surface area contributed by atoms with E-state index >= 15 is 0 Å². The van der Waals surface area contributed by atoms with Crippen LogP contribution in [0.25, 0.3) is 0 Å². The molecule has 1 aliphatic rings. The van der Waals surface area contributed by atoms with E-state index in [0.29, 0.717) is 5.56 Å². The van der Waals surface area contributed by atoms with E-state index in [1.54, 1.807) is 6.07 Å². The van der Waals surface area contributed by atoms with Gasteiger partial charge in [-0.1, -0.05) is 6.07 Å². The number of hydrogen-bond donors (Lipinski definition) is 3. The van der Waals surface area contributed by atoms with Crippen LogP contribution in [0.3, 0.4) is 0 Å². The van der Waals surface area contributed by atoms with E-state index in [9.17, 15) is 9.59 Å². The van der Waals surface area contributed by atoms with Crippen LogP contribution in [0.5, 0.6) is 0 Å². The van der Waals surface area contributed by atoms with E-state index in [1.165, 1.54) is 12.6 Å². The molecule has 1 aromatic rings. The molecule has 0 saturated carbocycles. The molecule has 5 heteroatoms. The zero-order valence-electron chi connectivity index (χ0n) is 9.67. The summed E-state index contributed by atoms with van der Waals surface area (Å²) >= 11 is 0. The Labute approximate surface area is 99.6 Å². The predicted molar refractivity (Wildman–Crippen MR) is 65.0 cm³/mol. The Hall–Kier alpha value is -2.04. The van der Waals surface area contributed by atoms with Crippen LogP contribution >= 0.6 is 0 Å². The second-order valence-corrected chi connectivity index (χ2v) is 3.90. The average Bonchev–Trinajstić information content (AvgIpc) is 2.82. The van der Waals surface area contributed by atoms with Gasteiger partial charge in [0.25, 0.3) is 5.91 Å². The Balaban J connectivity index is 2.02. The number of likely N-dealkylation sites (N-methyl/N-ethyl adjacent to an activating group) is 1. The van der Waals surface area contributed by atoms with E-state index in [0.717, 1.165) is 18.7 Å². The maximum atomic E-state index is 11.7. The first-order valence-corrected chi connectivity index (χ1v) is 5.56. The molecule has 0 aromatic heterocycles. The van der Waals surface area contributed by atoms with Crippen molar-refractivity contribution >= 4 is 17.5 Å². The topological polar surface area (TPSA) is 70.2 Å². The molecule has 90 valence electrons. The lowest BCUT2D eigenvalue weighted by molar-refractivity contribution is -0.119. The SMILES string of the molecule is CNC(=O)CNC(=O)c1ccc2c(c1)NCC2. The van der Waals surface area contributed by atoms with Gasteiger partial charge in [-0.25, -0.2) is 0 Å². The van der Waals surface area contributed by atoms with Gasteiger partial charge in [0, 0.05) is 24.8 Å². The van der Waals surface area contributed by atoms with Crippen molar-refractivity contribution in [3.8, 4) is 0 Å². The summed E-state index contributed by atoms with van der Waals surface area (Å²) in [5.41, 5.74) is 2.81. The minimum Gasteiger partial charge on any atom is -0.384 e. The van der Waals surface area contributed by atoms with Gasteiger partial charge in [0.15, 0.2) is 0 Å². The number of hydrogen-bond acceptors (Lipinski definition) is 3. The Morgan fingerprint density at radius 3 is 3.00 bits per heavy atom. The van der Waals surface area contributed by atoms with E-state index in [2.05, 4.69) is 16.0 Å². The quantitative estimate of drug-likeness (QED) is 0.695. The Bertz CT molecular complexity index is 457. The van der Waals surface area contributed by atoms with Crippen molar-refractivity contribution in [3.05, 3.63) is 29.3 Å². The summed E-state index contributed by atoms with van der Waals surface area (Å²) < 4.78 is 0. The first kappa shape index (κ1) is 11.4. The van der Waals surface area contributed by atoms with Crippen LogP contribution in [0.2, 0.25) is 0 Å². The van der Waals surface area contributed by atoms with Crippen molar-refractivity contribution in [3.63, 3.8) is 0 Å². The monoisotopic (exact) mass is 233 g/mol. The zero-order valence-corrected chi connectivity index (χ0v) is 9.67. The van der Waals surface area contributed by atoms with E-state index in [4.69, 9.17) is 0 Å². The van der Waals surface area contributed by atoms with Crippen molar-refractivity contribution < 1.29 is 9.59 Å². The molecule has 0 radical (unpaired) electrons. The smallest absolute Gasteiger partial charge is 0.251 e. The molecule has 0 bridgehead atoms. The van der Waals surface area contributed by atoms with Gasteiger partial charge in [0.2, 0.25) is 5.91 Å². The van der Waals surface area contributed by atoms with E-state index in [-0.39, 0.29) is 18.4 Å². The molecule has 2 amide bonds. The third-order valence-corrected chi connectivity index (χ3v) is 2.77. The number of carbonyl (C=O) groups excluding carboxylic acids is 2. The maximum absolute atomic E-state index is 11.7. The van der Waals surface area contributed by atoms with Crippen LogP contribution in [0.15, 0.2) is 18.2 Å². The van der Waals surface area contributed by atoms with Crippen LogP contribution in [0, 0.1) is 0 Å².